The molecule has 1 aliphatic rings. The van der Waals surface area contributed by atoms with Crippen molar-refractivity contribution in [2.75, 3.05) is 11.9 Å². The van der Waals surface area contributed by atoms with E-state index in [4.69, 9.17) is 9.40 Å². The van der Waals surface area contributed by atoms with E-state index in [0.29, 0.717) is 0 Å². The fourth-order valence-corrected chi connectivity index (χ4v) is 3.08. The van der Waals surface area contributed by atoms with E-state index in [1.165, 1.54) is 16.8 Å². The lowest BCUT2D eigenvalue weighted by molar-refractivity contribution is 0.485. The van der Waals surface area contributed by atoms with Crippen molar-refractivity contribution in [1.29, 1.82) is 0 Å². The standard InChI is InChI=1S/C18H18N2O/c1-2-12-7-8-17-16(11-12)20-18(21-17)14-9-10-19-15-6-4-3-5-13(14)15/h3-8,11,14,19H,2,9-10H2,1H3. The van der Waals surface area contributed by atoms with Crippen LogP contribution < -0.4 is 5.32 Å². The van der Waals surface area contributed by atoms with Crippen LogP contribution in [0.4, 0.5) is 5.69 Å². The van der Waals surface area contributed by atoms with Crippen molar-refractivity contribution >= 4 is 16.8 Å². The average Bonchev–Trinajstić information content (AvgIpc) is 2.97. The number of oxazole rings is 1. The van der Waals surface area contributed by atoms with Gasteiger partial charge < -0.3 is 9.73 Å². The van der Waals surface area contributed by atoms with Gasteiger partial charge in [-0.15, -0.1) is 0 Å². The van der Waals surface area contributed by atoms with Gasteiger partial charge in [0.25, 0.3) is 0 Å². The Hall–Kier alpha value is -2.29. The summed E-state index contributed by atoms with van der Waals surface area (Å²) in [5, 5.41) is 3.44. The van der Waals surface area contributed by atoms with Crippen LogP contribution in [-0.2, 0) is 6.42 Å². The largest absolute Gasteiger partial charge is 0.440 e. The SMILES string of the molecule is CCc1ccc2oc(C3CCNc4ccccc43)nc2c1. The maximum absolute atomic E-state index is 6.02. The highest BCUT2D eigenvalue weighted by molar-refractivity contribution is 5.73. The molecule has 1 atom stereocenters. The maximum atomic E-state index is 6.02. The van der Waals surface area contributed by atoms with Crippen molar-refractivity contribution in [1.82, 2.24) is 4.98 Å². The second kappa shape index (κ2) is 4.92. The molecular weight excluding hydrogens is 260 g/mol. The number of aryl methyl sites for hydroxylation is 1. The van der Waals surface area contributed by atoms with E-state index in [-0.39, 0.29) is 5.92 Å². The number of anilines is 1. The molecule has 21 heavy (non-hydrogen) atoms. The number of nitrogens with one attached hydrogen (secondary N) is 1. The minimum absolute atomic E-state index is 0.250. The highest BCUT2D eigenvalue weighted by Crippen LogP contribution is 2.37. The van der Waals surface area contributed by atoms with Gasteiger partial charge in [-0.25, -0.2) is 4.98 Å². The number of rotatable bonds is 2. The Labute approximate surface area is 124 Å². The molecule has 0 radical (unpaired) electrons. The van der Waals surface area contributed by atoms with Crippen LogP contribution in [0.3, 0.4) is 0 Å². The van der Waals surface area contributed by atoms with Crippen LogP contribution in [0.1, 0.15) is 36.3 Å². The highest BCUT2D eigenvalue weighted by Gasteiger charge is 2.25. The molecule has 0 aliphatic carbocycles. The molecule has 3 aromatic rings. The molecule has 0 saturated heterocycles. The highest BCUT2D eigenvalue weighted by atomic mass is 16.3. The molecule has 0 saturated carbocycles. The number of nitrogens with zero attached hydrogens (tertiary/aromatic N) is 1. The summed E-state index contributed by atoms with van der Waals surface area (Å²) in [4.78, 5) is 4.75. The fraction of sp³-hybridized carbons (Fsp3) is 0.278. The van der Waals surface area contributed by atoms with Gasteiger partial charge in [0, 0.05) is 12.2 Å². The Bertz CT molecular complexity index is 791. The fourth-order valence-electron chi connectivity index (χ4n) is 3.08. The quantitative estimate of drug-likeness (QED) is 0.758. The van der Waals surface area contributed by atoms with Gasteiger partial charge in [-0.05, 0) is 42.2 Å². The third-order valence-corrected chi connectivity index (χ3v) is 4.26. The van der Waals surface area contributed by atoms with Gasteiger partial charge in [-0.3, -0.25) is 0 Å². The van der Waals surface area contributed by atoms with Gasteiger partial charge in [0.2, 0.25) is 5.89 Å². The minimum Gasteiger partial charge on any atom is -0.440 e. The van der Waals surface area contributed by atoms with Gasteiger partial charge in [-0.2, -0.15) is 0 Å². The van der Waals surface area contributed by atoms with Crippen LogP contribution in [0.25, 0.3) is 11.1 Å². The number of hydrogen-bond donors (Lipinski definition) is 1. The molecule has 1 unspecified atom stereocenters. The first-order valence-corrected chi connectivity index (χ1v) is 7.57. The zero-order valence-electron chi connectivity index (χ0n) is 12.1. The molecule has 3 nitrogen and oxygen atoms in total. The van der Waals surface area contributed by atoms with Gasteiger partial charge in [-0.1, -0.05) is 31.2 Å². The molecule has 106 valence electrons. The van der Waals surface area contributed by atoms with E-state index in [0.717, 1.165) is 36.4 Å². The van der Waals surface area contributed by atoms with Crippen LogP contribution in [0.15, 0.2) is 46.9 Å². The van der Waals surface area contributed by atoms with Crippen molar-refractivity contribution in [3.63, 3.8) is 0 Å². The number of aromatic nitrogens is 1. The molecule has 0 amide bonds. The van der Waals surface area contributed by atoms with E-state index >= 15 is 0 Å². The van der Waals surface area contributed by atoms with Crippen molar-refractivity contribution in [2.24, 2.45) is 0 Å². The average molecular weight is 278 g/mol. The minimum atomic E-state index is 0.250. The van der Waals surface area contributed by atoms with E-state index in [1.54, 1.807) is 0 Å². The number of hydrogen-bond acceptors (Lipinski definition) is 3. The van der Waals surface area contributed by atoms with E-state index in [9.17, 15) is 0 Å². The third kappa shape index (κ3) is 2.09. The molecule has 0 fully saturated rings. The molecule has 3 heteroatoms. The zero-order valence-corrected chi connectivity index (χ0v) is 12.1. The second-order valence-electron chi connectivity index (χ2n) is 5.56. The summed E-state index contributed by atoms with van der Waals surface area (Å²) in [6, 6.07) is 14.7. The summed E-state index contributed by atoms with van der Waals surface area (Å²) in [5.74, 6) is 1.09. The maximum Gasteiger partial charge on any atom is 0.203 e. The van der Waals surface area contributed by atoms with Gasteiger partial charge >= 0.3 is 0 Å². The molecule has 4 rings (SSSR count). The molecule has 1 aromatic heterocycles. The van der Waals surface area contributed by atoms with Gasteiger partial charge in [0.1, 0.15) is 5.52 Å². The predicted molar refractivity (Wildman–Crippen MR) is 84.8 cm³/mol. The molecule has 2 heterocycles. The van der Waals surface area contributed by atoms with Crippen LogP contribution in [0.2, 0.25) is 0 Å². The lowest BCUT2D eigenvalue weighted by Crippen LogP contribution is -2.17. The monoisotopic (exact) mass is 278 g/mol. The van der Waals surface area contributed by atoms with Crippen molar-refractivity contribution in [2.45, 2.75) is 25.7 Å². The second-order valence-corrected chi connectivity index (χ2v) is 5.56. The first-order valence-electron chi connectivity index (χ1n) is 7.57. The molecule has 1 aliphatic heterocycles. The van der Waals surface area contributed by atoms with E-state index < -0.39 is 0 Å². The summed E-state index contributed by atoms with van der Waals surface area (Å²) in [6.45, 7) is 3.12. The van der Waals surface area contributed by atoms with E-state index in [2.05, 4.69) is 48.6 Å². The van der Waals surface area contributed by atoms with Crippen LogP contribution in [0, 0.1) is 0 Å². The molecular formula is C18H18N2O. The van der Waals surface area contributed by atoms with Crippen LogP contribution >= 0.6 is 0 Å². The lowest BCUT2D eigenvalue weighted by Gasteiger charge is -2.24. The Kier molecular flexibility index (Phi) is 2.92. The van der Waals surface area contributed by atoms with Crippen molar-refractivity contribution in [3.8, 4) is 0 Å². The Morgan fingerprint density at radius 1 is 1.24 bits per heavy atom. The number of para-hydroxylation sites is 1. The predicted octanol–water partition coefficient (Wildman–Crippen LogP) is 4.34. The normalized spacial score (nSPS) is 17.5. The summed E-state index contributed by atoms with van der Waals surface area (Å²) in [6.07, 6.45) is 2.04. The first-order chi connectivity index (χ1) is 10.3. The summed E-state index contributed by atoms with van der Waals surface area (Å²) in [7, 11) is 0. The lowest BCUT2D eigenvalue weighted by atomic mass is 9.91. The first kappa shape index (κ1) is 12.5. The van der Waals surface area contributed by atoms with Crippen LogP contribution in [-0.4, -0.2) is 11.5 Å². The summed E-state index contributed by atoms with van der Waals surface area (Å²) >= 11 is 0. The Morgan fingerprint density at radius 3 is 3.05 bits per heavy atom. The molecule has 2 aromatic carbocycles. The van der Waals surface area contributed by atoms with Gasteiger partial charge in [0.05, 0.1) is 5.92 Å². The molecule has 0 spiro atoms. The van der Waals surface area contributed by atoms with Crippen molar-refractivity contribution < 1.29 is 4.42 Å². The third-order valence-electron chi connectivity index (χ3n) is 4.26. The Morgan fingerprint density at radius 2 is 2.14 bits per heavy atom. The summed E-state index contributed by atoms with van der Waals surface area (Å²) in [5.41, 5.74) is 5.64. The number of fused-ring (bicyclic) bond motifs is 2. The Balaban J connectivity index is 1.80. The molecule has 1 N–H and O–H groups in total. The zero-order chi connectivity index (χ0) is 14.2. The van der Waals surface area contributed by atoms with Crippen molar-refractivity contribution in [3.05, 3.63) is 59.5 Å². The van der Waals surface area contributed by atoms with Gasteiger partial charge in [0.15, 0.2) is 5.58 Å². The van der Waals surface area contributed by atoms with Crippen LogP contribution in [0.5, 0.6) is 0 Å². The molecule has 0 bridgehead atoms. The summed E-state index contributed by atoms with van der Waals surface area (Å²) < 4.78 is 6.02. The number of benzene rings is 2. The smallest absolute Gasteiger partial charge is 0.203 e. The van der Waals surface area contributed by atoms with E-state index in [1.807, 2.05) is 6.07 Å². The topological polar surface area (TPSA) is 38.1 Å².